The van der Waals surface area contributed by atoms with E-state index >= 15 is 0 Å². The fraction of sp³-hybridized carbons (Fsp3) is 0.143. The minimum atomic E-state index is -3.32. The first-order valence-electron chi connectivity index (χ1n) is 3.58. The molecule has 0 saturated heterocycles. The van der Waals surface area contributed by atoms with Crippen molar-refractivity contribution < 1.29 is 8.42 Å². The molecular weight excluding hydrogens is 190 g/mol. The molecule has 0 aromatic carbocycles. The molecule has 0 atom stereocenters. The summed E-state index contributed by atoms with van der Waals surface area (Å²) in [6, 6.07) is 3.34. The maximum absolute atomic E-state index is 11.2. The van der Waals surface area contributed by atoms with Gasteiger partial charge in [-0.25, -0.2) is 8.42 Å². The molecule has 0 aliphatic heterocycles. The van der Waals surface area contributed by atoms with E-state index < -0.39 is 10.0 Å². The second-order valence-electron chi connectivity index (χ2n) is 2.66. The van der Waals surface area contributed by atoms with Gasteiger partial charge in [0.25, 0.3) is 10.0 Å². The van der Waals surface area contributed by atoms with Gasteiger partial charge < -0.3 is 0 Å². The van der Waals surface area contributed by atoms with Gasteiger partial charge >= 0.3 is 0 Å². The zero-order valence-electron chi connectivity index (χ0n) is 6.88. The van der Waals surface area contributed by atoms with Gasteiger partial charge in [0.15, 0.2) is 0 Å². The number of aromatic nitrogens is 3. The van der Waals surface area contributed by atoms with Gasteiger partial charge in [0, 0.05) is 6.20 Å². The maximum atomic E-state index is 11.2. The van der Waals surface area contributed by atoms with Crippen molar-refractivity contribution in [3.05, 3.63) is 24.5 Å². The summed E-state index contributed by atoms with van der Waals surface area (Å²) in [6.45, 7) is 0. The number of hydrogen-bond acceptors (Lipinski definition) is 4. The molecular formula is C7H7N3O2S. The molecule has 0 spiro atoms. The minimum Gasteiger partial charge on any atom is -0.253 e. The fourth-order valence-corrected chi connectivity index (χ4v) is 1.83. The third kappa shape index (κ3) is 1.29. The summed E-state index contributed by atoms with van der Waals surface area (Å²) in [5, 5.41) is 3.73. The van der Waals surface area contributed by atoms with Crippen LogP contribution in [0.4, 0.5) is 0 Å². The molecule has 0 radical (unpaired) electrons. The predicted octanol–water partition coefficient (Wildman–Crippen LogP) is 0.239. The van der Waals surface area contributed by atoms with Crippen LogP contribution in [0, 0.1) is 0 Å². The molecule has 0 aliphatic rings. The Morgan fingerprint density at radius 2 is 2.23 bits per heavy atom. The maximum Gasteiger partial charge on any atom is 0.251 e. The van der Waals surface area contributed by atoms with Gasteiger partial charge in [-0.05, 0) is 12.1 Å². The molecule has 0 aliphatic carbocycles. The summed E-state index contributed by atoms with van der Waals surface area (Å²) < 4.78 is 23.3. The van der Waals surface area contributed by atoms with Gasteiger partial charge in [-0.2, -0.15) is 9.19 Å². The van der Waals surface area contributed by atoms with Crippen LogP contribution in [0.1, 0.15) is 0 Å². The molecule has 2 heterocycles. The Morgan fingerprint density at radius 1 is 1.46 bits per heavy atom. The molecule has 0 amide bonds. The molecule has 2 aromatic rings. The summed E-state index contributed by atoms with van der Waals surface area (Å²) in [5.41, 5.74) is 1.08. The predicted molar refractivity (Wildman–Crippen MR) is 47.8 cm³/mol. The number of nitrogens with zero attached hydrogens (tertiary/aromatic N) is 3. The highest BCUT2D eigenvalue weighted by Gasteiger charge is 2.10. The van der Waals surface area contributed by atoms with Crippen LogP contribution in [0.5, 0.6) is 0 Å². The molecule has 2 aromatic heterocycles. The van der Waals surface area contributed by atoms with E-state index in [2.05, 4.69) is 10.1 Å². The summed E-state index contributed by atoms with van der Waals surface area (Å²) in [7, 11) is -3.32. The van der Waals surface area contributed by atoms with Crippen molar-refractivity contribution in [3.63, 3.8) is 0 Å². The summed E-state index contributed by atoms with van der Waals surface area (Å²) in [5.74, 6) is 0. The van der Waals surface area contributed by atoms with Crippen molar-refractivity contribution in [3.8, 4) is 0 Å². The van der Waals surface area contributed by atoms with E-state index in [1.165, 1.54) is 6.20 Å². The van der Waals surface area contributed by atoms with Crippen molar-refractivity contribution in [2.45, 2.75) is 0 Å². The standard InChI is InChI=1S/C7H7N3O2S/c1-13(11,12)10-7-3-2-4-8-6(7)5-9-10/h2-5H,1H3. The lowest BCUT2D eigenvalue weighted by atomic mass is 10.4. The van der Waals surface area contributed by atoms with Gasteiger partial charge in [-0.15, -0.1) is 0 Å². The Hall–Kier alpha value is -1.43. The average molecular weight is 197 g/mol. The van der Waals surface area contributed by atoms with E-state index in [9.17, 15) is 8.42 Å². The first-order chi connectivity index (χ1) is 6.09. The van der Waals surface area contributed by atoms with E-state index in [0.29, 0.717) is 11.0 Å². The second kappa shape index (κ2) is 2.53. The third-order valence-corrected chi connectivity index (χ3v) is 2.54. The van der Waals surface area contributed by atoms with E-state index in [-0.39, 0.29) is 0 Å². The van der Waals surface area contributed by atoms with Crippen LogP contribution >= 0.6 is 0 Å². The van der Waals surface area contributed by atoms with Crippen molar-refractivity contribution >= 4 is 21.1 Å². The van der Waals surface area contributed by atoms with Crippen LogP contribution in [-0.2, 0) is 10.0 Å². The fourth-order valence-electron chi connectivity index (χ4n) is 1.10. The molecule has 68 valence electrons. The van der Waals surface area contributed by atoms with Crippen LogP contribution in [-0.4, -0.2) is 28.8 Å². The highest BCUT2D eigenvalue weighted by molar-refractivity contribution is 7.89. The van der Waals surface area contributed by atoms with Crippen molar-refractivity contribution in [2.75, 3.05) is 6.26 Å². The van der Waals surface area contributed by atoms with E-state index in [1.807, 2.05) is 0 Å². The van der Waals surface area contributed by atoms with Gasteiger partial charge in [0.1, 0.15) is 11.0 Å². The van der Waals surface area contributed by atoms with Crippen LogP contribution in [0.3, 0.4) is 0 Å². The summed E-state index contributed by atoms with van der Waals surface area (Å²) in [6.07, 6.45) is 4.12. The monoisotopic (exact) mass is 197 g/mol. The number of rotatable bonds is 1. The van der Waals surface area contributed by atoms with Gasteiger partial charge in [-0.1, -0.05) is 0 Å². The topological polar surface area (TPSA) is 64.8 Å². The van der Waals surface area contributed by atoms with E-state index in [0.717, 1.165) is 10.3 Å². The molecule has 0 saturated carbocycles. The molecule has 2 rings (SSSR count). The zero-order chi connectivity index (χ0) is 9.47. The largest absolute Gasteiger partial charge is 0.253 e. The van der Waals surface area contributed by atoms with Gasteiger partial charge in [-0.3, -0.25) is 4.98 Å². The highest BCUT2D eigenvalue weighted by atomic mass is 32.2. The molecule has 0 bridgehead atoms. The van der Waals surface area contributed by atoms with E-state index in [1.54, 1.807) is 18.3 Å². The average Bonchev–Trinajstić information content (AvgIpc) is 2.45. The van der Waals surface area contributed by atoms with Gasteiger partial charge in [0.2, 0.25) is 0 Å². The number of pyridine rings is 1. The summed E-state index contributed by atoms with van der Waals surface area (Å²) in [4.78, 5) is 3.97. The number of fused-ring (bicyclic) bond motifs is 1. The molecule has 13 heavy (non-hydrogen) atoms. The zero-order valence-corrected chi connectivity index (χ0v) is 7.69. The second-order valence-corrected chi connectivity index (χ2v) is 4.47. The highest BCUT2D eigenvalue weighted by Crippen LogP contribution is 2.10. The normalized spacial score (nSPS) is 12.1. The SMILES string of the molecule is CS(=O)(=O)n1ncc2ncccc21. The quantitative estimate of drug-likeness (QED) is 0.656. The molecule has 6 heteroatoms. The smallest absolute Gasteiger partial charge is 0.251 e. The lowest BCUT2D eigenvalue weighted by Crippen LogP contribution is -2.11. The van der Waals surface area contributed by atoms with Crippen molar-refractivity contribution in [1.82, 2.24) is 14.2 Å². The van der Waals surface area contributed by atoms with Crippen LogP contribution in [0.25, 0.3) is 11.0 Å². The van der Waals surface area contributed by atoms with Crippen LogP contribution < -0.4 is 0 Å². The van der Waals surface area contributed by atoms with E-state index in [4.69, 9.17) is 0 Å². The summed E-state index contributed by atoms with van der Waals surface area (Å²) >= 11 is 0. The Morgan fingerprint density at radius 3 is 2.92 bits per heavy atom. The van der Waals surface area contributed by atoms with Crippen molar-refractivity contribution in [1.29, 1.82) is 0 Å². The van der Waals surface area contributed by atoms with Crippen LogP contribution in [0.2, 0.25) is 0 Å². The first-order valence-corrected chi connectivity index (χ1v) is 5.43. The molecule has 0 fully saturated rings. The first kappa shape index (κ1) is 8.18. The lowest BCUT2D eigenvalue weighted by Gasteiger charge is -1.97. The Kier molecular flexibility index (Phi) is 1.59. The van der Waals surface area contributed by atoms with Crippen LogP contribution in [0.15, 0.2) is 24.5 Å². The lowest BCUT2D eigenvalue weighted by molar-refractivity contribution is 0.588. The number of hydrogen-bond donors (Lipinski definition) is 0. The Balaban J connectivity index is 2.87. The molecule has 5 nitrogen and oxygen atoms in total. The molecule has 0 N–H and O–H groups in total. The Labute approximate surface area is 75.1 Å². The van der Waals surface area contributed by atoms with Crippen molar-refractivity contribution in [2.24, 2.45) is 0 Å². The minimum absolute atomic E-state index is 0.505. The van der Waals surface area contributed by atoms with Gasteiger partial charge in [0.05, 0.1) is 12.5 Å². The molecule has 0 unspecified atom stereocenters. The third-order valence-electron chi connectivity index (χ3n) is 1.62. The Bertz CT molecular complexity index is 544.